The second-order valence-electron chi connectivity index (χ2n) is 3.88. The molecule has 0 aromatic rings. The van der Waals surface area contributed by atoms with E-state index in [1.807, 2.05) is 6.08 Å². The van der Waals surface area contributed by atoms with Gasteiger partial charge in [-0.1, -0.05) is 80.3 Å². The molecule has 1 saturated heterocycles. The van der Waals surface area contributed by atoms with Gasteiger partial charge in [-0.2, -0.15) is 0 Å². The van der Waals surface area contributed by atoms with Gasteiger partial charge in [0, 0.05) is 52.7 Å². The van der Waals surface area contributed by atoms with Crippen molar-refractivity contribution >= 4 is 76.1 Å². The molecule has 1 heterocycles. The van der Waals surface area contributed by atoms with E-state index < -0.39 is 0 Å². The molecule has 0 spiro atoms. The van der Waals surface area contributed by atoms with E-state index in [1.165, 1.54) is 58.2 Å². The van der Waals surface area contributed by atoms with Crippen LogP contribution in [0, 0.1) is 31.1 Å². The van der Waals surface area contributed by atoms with Gasteiger partial charge in [0.15, 0.2) is 0 Å². The molecule has 118 valence electrons. The van der Waals surface area contributed by atoms with Crippen molar-refractivity contribution in [1.82, 2.24) is 0 Å². The summed E-state index contributed by atoms with van der Waals surface area (Å²) in [6, 6.07) is 0. The summed E-state index contributed by atoms with van der Waals surface area (Å²) in [6.07, 6.45) is 11.2. The van der Waals surface area contributed by atoms with Crippen molar-refractivity contribution in [1.29, 1.82) is 1.34 Å². The van der Waals surface area contributed by atoms with Crippen LogP contribution in [0.25, 0.3) is 0 Å². The minimum Gasteiger partial charge on any atom is -0.381 e. The van der Waals surface area contributed by atoms with Crippen LogP contribution in [-0.2, 0) is 4.74 Å². The van der Waals surface area contributed by atoms with Crippen molar-refractivity contribution < 1.29 is 35.9 Å². The van der Waals surface area contributed by atoms with Crippen molar-refractivity contribution in [2.75, 3.05) is 26.5 Å². The van der Waals surface area contributed by atoms with Crippen LogP contribution in [0.4, 0.5) is 0 Å². The van der Waals surface area contributed by atoms with E-state index >= 15 is 0 Å². The summed E-state index contributed by atoms with van der Waals surface area (Å²) >= 11 is 7.21. The Hall–Kier alpha value is 3.01. The van der Waals surface area contributed by atoms with Gasteiger partial charge in [0.25, 0.3) is 0 Å². The molecule has 0 atom stereocenters. The third-order valence-corrected chi connectivity index (χ3v) is 4.42. The monoisotopic (exact) mass is 843 g/mol. The van der Waals surface area contributed by atoms with Gasteiger partial charge in [0.05, 0.1) is 0 Å². The number of rotatable bonds is 7. The molecule has 0 unspecified atom stereocenters. The van der Waals surface area contributed by atoms with Crippen molar-refractivity contribution in [3.63, 3.8) is 0 Å². The van der Waals surface area contributed by atoms with E-state index in [0.717, 1.165) is 13.2 Å². The number of hydrogen-bond acceptors (Lipinski definition) is 1. The molecule has 1 aliphatic heterocycles. The Morgan fingerprint density at radius 3 is 1.60 bits per heavy atom. The zero-order chi connectivity index (χ0) is 15.9. The van der Waals surface area contributed by atoms with E-state index in [2.05, 4.69) is 82.7 Å². The van der Waals surface area contributed by atoms with Crippen molar-refractivity contribution in [2.24, 2.45) is 0 Å². The SMILES string of the molecule is C1CCOC1.C=CCCCI.ICCCCCI.[2H][B].[U]. The molecule has 0 aromatic carbocycles. The summed E-state index contributed by atoms with van der Waals surface area (Å²) in [5.41, 5.74) is 0. The average Bonchev–Trinajstić information content (AvgIpc) is 3.08. The number of halogens is 3. The molecule has 6 heteroatoms. The summed E-state index contributed by atoms with van der Waals surface area (Å²) in [6.45, 7) is 5.59. The minimum atomic E-state index is 0. The molecule has 2 radical (unpaired) electrons. The van der Waals surface area contributed by atoms with Crippen molar-refractivity contribution in [3.05, 3.63) is 12.7 Å². The van der Waals surface area contributed by atoms with Crippen molar-refractivity contribution in [3.8, 4) is 0 Å². The number of hydrogen-bond donors (Lipinski definition) is 0. The summed E-state index contributed by atoms with van der Waals surface area (Å²) in [7, 11) is 3.75. The summed E-state index contributed by atoms with van der Waals surface area (Å²) < 4.78 is 14.1. The van der Waals surface area contributed by atoms with Gasteiger partial charge in [-0.3, -0.25) is 0 Å². The maximum absolute atomic E-state index is 5.25. The number of unbranched alkanes of at least 4 members (excludes halogenated alkanes) is 3. The molecule has 0 aromatic heterocycles. The second kappa shape index (κ2) is 33.6. The third kappa shape index (κ3) is 37.3. The van der Waals surface area contributed by atoms with Crippen LogP contribution in [0.3, 0.4) is 0 Å². The molecular weight excluding hydrogens is 814 g/mol. The van der Waals surface area contributed by atoms with Crippen LogP contribution < -0.4 is 0 Å². The van der Waals surface area contributed by atoms with E-state index in [9.17, 15) is 0 Å². The van der Waals surface area contributed by atoms with Crippen LogP contribution in [0.1, 0.15) is 44.9 Å². The smallest absolute Gasteiger partial charge is 0.0466 e. The van der Waals surface area contributed by atoms with Crippen LogP contribution in [0.5, 0.6) is 0 Å². The van der Waals surface area contributed by atoms with Gasteiger partial charge in [0.1, 0.15) is 0 Å². The first-order valence-electron chi connectivity index (χ1n) is 7.27. The zero-order valence-corrected chi connectivity index (χ0v) is 23.0. The van der Waals surface area contributed by atoms with E-state index in [0.29, 0.717) is 0 Å². The Morgan fingerprint density at radius 1 is 0.950 bits per heavy atom. The van der Waals surface area contributed by atoms with Gasteiger partial charge < -0.3 is 4.74 Å². The Morgan fingerprint density at radius 2 is 1.40 bits per heavy atom. The van der Waals surface area contributed by atoms with Gasteiger partial charge in [-0.15, -0.1) is 6.58 Å². The fraction of sp³-hybridized carbons (Fsp3) is 0.857. The largest absolute Gasteiger partial charge is 0.381 e. The molecule has 1 aliphatic rings. The van der Waals surface area contributed by atoms with Crippen LogP contribution in [-0.4, -0.2) is 36.2 Å². The Kier molecular flexibility index (Phi) is 46.7. The molecule has 0 N–H and O–H groups in total. The number of alkyl halides is 3. The first kappa shape index (κ1) is 27.8. The molecule has 20 heavy (non-hydrogen) atoms. The maximum atomic E-state index is 5.25. The summed E-state index contributed by atoms with van der Waals surface area (Å²) in [4.78, 5) is 0. The first-order valence-corrected chi connectivity index (χ1v) is 11.3. The summed E-state index contributed by atoms with van der Waals surface area (Å²) in [5.74, 6) is 0. The normalized spacial score (nSPS) is 12.1. The van der Waals surface area contributed by atoms with Crippen molar-refractivity contribution in [2.45, 2.75) is 44.9 Å². The topological polar surface area (TPSA) is 9.23 Å². The molecule has 0 bridgehead atoms. The number of ether oxygens (including phenoxy) is 1. The van der Waals surface area contributed by atoms with E-state index in [1.54, 1.807) is 0 Å². The van der Waals surface area contributed by atoms with Gasteiger partial charge in [-0.05, 0) is 53.1 Å². The third-order valence-electron chi connectivity index (χ3n) is 2.14. The predicted octanol–water partition coefficient (Wildman–Crippen LogP) is 5.56. The molecule has 1 rings (SSSR count). The summed E-state index contributed by atoms with van der Waals surface area (Å²) in [5, 5.41) is 0. The molecule has 0 saturated carbocycles. The Balaban J connectivity index is -0.0000000958. The number of allylic oxidation sites excluding steroid dienone is 1. The maximum Gasteiger partial charge on any atom is 0.0466 e. The van der Waals surface area contributed by atoms with Crippen LogP contribution in [0.15, 0.2) is 12.7 Å². The predicted molar refractivity (Wildman–Crippen MR) is 117 cm³/mol. The quantitative estimate of drug-likeness (QED) is 0.107. The molecule has 1 nitrogen and oxygen atoms in total. The second-order valence-corrected chi connectivity index (χ2v) is 7.11. The fourth-order valence-corrected chi connectivity index (χ4v) is 2.62. The van der Waals surface area contributed by atoms with Gasteiger partial charge in [-0.25, -0.2) is 0 Å². The first-order chi connectivity index (χ1) is 9.83. The van der Waals surface area contributed by atoms with E-state index in [-0.39, 0.29) is 31.1 Å². The Labute approximate surface area is 194 Å². The molecule has 0 aliphatic carbocycles. The fourth-order valence-electron chi connectivity index (χ4n) is 1.10. The minimum absolute atomic E-state index is 0. The average molecular weight is 843 g/mol. The van der Waals surface area contributed by atoms with Crippen LogP contribution >= 0.6 is 67.8 Å². The molecule has 0 amide bonds. The molecular formula is C14H28BI3OU. The zero-order valence-electron chi connectivity index (χ0n) is 13.4. The van der Waals surface area contributed by atoms with Gasteiger partial charge in [0.2, 0.25) is 0 Å². The van der Waals surface area contributed by atoms with Gasteiger partial charge >= 0.3 is 0 Å². The Bertz CT molecular complexity index is 145. The standard InChI is InChI=1S/C5H10I2.C5H9I.C4H8O.BH.U/c6-4-2-1-3-5-7;1-2-3-4-5-6;1-2-4-5-3-1;;/h1-5H2;2H,1,3-5H2;1-4H2;1H;/i;;;1D;. The van der Waals surface area contributed by atoms with Crippen LogP contribution in [0.2, 0.25) is 0 Å². The van der Waals surface area contributed by atoms with E-state index in [4.69, 9.17) is 6.07 Å². The molecule has 1 fully saturated rings.